The van der Waals surface area contributed by atoms with Gasteiger partial charge in [-0.15, -0.1) is 0 Å². The minimum atomic E-state index is -1.75. The van der Waals surface area contributed by atoms with Crippen LogP contribution in [0.1, 0.15) is 0 Å². The molecule has 96 nitrogen and oxygen atoms in total. The van der Waals surface area contributed by atoms with Crippen LogP contribution < -0.4 is 0 Å². The van der Waals surface area contributed by atoms with Gasteiger partial charge >= 0.3 is 288 Å². The van der Waals surface area contributed by atoms with Crippen molar-refractivity contribution in [2.24, 2.45) is 0 Å². The summed E-state index contributed by atoms with van der Waals surface area (Å²) in [5.41, 5.74) is 0. The van der Waals surface area contributed by atoms with Crippen molar-refractivity contribution in [1.82, 2.24) is 0 Å². The minimum absolute atomic E-state index is 0. The van der Waals surface area contributed by atoms with Gasteiger partial charge in [0.05, 0.1) is 122 Å². The van der Waals surface area contributed by atoms with E-state index in [2.05, 4.69) is 0 Å². The molecule has 598 valence electrons. The summed E-state index contributed by atoms with van der Waals surface area (Å²) in [6.45, 7) is 0. The van der Waals surface area contributed by atoms with Crippen LogP contribution in [0.25, 0.3) is 0 Å². The van der Waals surface area contributed by atoms with E-state index in [4.69, 9.17) is 368 Å². The van der Waals surface area contributed by atoms with E-state index in [1.807, 2.05) is 0 Å². The van der Waals surface area contributed by atoms with Crippen molar-refractivity contribution >= 4 is 288 Å². The van der Waals surface area contributed by atoms with Crippen molar-refractivity contribution < 1.29 is 122 Å². The SMILES string of the molecule is O=[N+]([O-])[O-].O=[N+]([O-])[O-].O=[N+]([O-])[O-].O=[N+]([O-])[O-].O=[N+]([O-])[O-].O=[N+]([O-])[O-].O=[N+]([O-])[O-].O=[N+]([O-])[O-].O=[N+]([O-])[O-].O=[N+]([O-])[O-].O=[N+]([O-])[O-].O=[N+]([O-])[O-].O=[N+]([O-])[O-].O=[N+]([O-])[O-].O=[N+]([O-])[O-].O=[N+]([O-])[O-].O=[N+]([O-])[O-].O=[N+]([O-])[O-].O=[N+]([O-])[O-].O=[N+]([O-])[O-].O=[N+]([O-])[O-].O=[N+]([O-])[O-].O=[N+]([O-])[O-].O=[N+]([O-])[O-].[Bi+3].[Bi+3].[Bi+3].[Bi+3].[Bi+3].[Bi+3].[Bi+3].[Bi+3].[Bi+3].[Bi+3].[Bi+3]. The summed E-state index contributed by atoms with van der Waals surface area (Å²) >= 11 is 0. The van der Waals surface area contributed by atoms with Crippen molar-refractivity contribution in [3.8, 4) is 0 Å². The van der Waals surface area contributed by atoms with Crippen molar-refractivity contribution in [2.45, 2.75) is 0 Å². The Labute approximate surface area is 769 Å². The summed E-state index contributed by atoms with van der Waals surface area (Å²) in [5, 5.41) is 354. The van der Waals surface area contributed by atoms with E-state index in [9.17, 15) is 0 Å². The maximum Gasteiger partial charge on any atom is 3.00 e. The third-order valence-corrected chi connectivity index (χ3v) is 0. The summed E-state index contributed by atoms with van der Waals surface area (Å²) < 4.78 is 0. The largest absolute Gasteiger partial charge is 3.00 e. The molecule has 0 N–H and O–H groups in total. The van der Waals surface area contributed by atoms with Gasteiger partial charge in [0.2, 0.25) is 0 Å². The fourth-order valence-electron chi connectivity index (χ4n) is 0. The molecule has 0 rings (SSSR count). The van der Waals surface area contributed by atoms with Gasteiger partial charge in [0, 0.05) is 0 Å². The van der Waals surface area contributed by atoms with Crippen LogP contribution in [0.4, 0.5) is 0 Å². The molecular weight excluding hydrogens is 3790 g/mol. The molecule has 0 aliphatic heterocycles. The molecule has 107 heteroatoms. The molecule has 0 amide bonds. The Bertz CT molecular complexity index is 1340. The Balaban J connectivity index is -0.0000000153. The zero-order chi connectivity index (χ0) is 85.9. The summed E-state index contributed by atoms with van der Waals surface area (Å²) in [6, 6.07) is 0. The summed E-state index contributed by atoms with van der Waals surface area (Å²) in [6.07, 6.45) is 0. The molecule has 107 heavy (non-hydrogen) atoms. The summed E-state index contributed by atoms with van der Waals surface area (Å²) in [7, 11) is 0. The second kappa shape index (κ2) is 225. The predicted molar refractivity (Wildman–Crippen MR) is 312 cm³/mol. The topological polar surface area (TPSA) is 1590 Å². The first-order valence-corrected chi connectivity index (χ1v) is 13.1. The van der Waals surface area contributed by atoms with Gasteiger partial charge in [-0.1, -0.05) is 0 Å². The molecule has 0 unspecified atom stereocenters. The smallest absolute Gasteiger partial charge is 0.356 e. The Kier molecular flexibility index (Phi) is 489. The zero-order valence-electron chi connectivity index (χ0n) is 45.0. The van der Waals surface area contributed by atoms with E-state index in [0.717, 1.165) is 0 Å². The number of hydrogen-bond donors (Lipinski definition) is 0. The number of hydrogen-bond acceptors (Lipinski definition) is 72. The molecule has 0 heterocycles. The summed E-state index contributed by atoms with van der Waals surface area (Å²) in [4.78, 5) is 198. The van der Waals surface area contributed by atoms with E-state index < -0.39 is 122 Å². The van der Waals surface area contributed by atoms with Crippen molar-refractivity contribution in [1.29, 1.82) is 0 Å². The van der Waals surface area contributed by atoms with Crippen molar-refractivity contribution in [3.05, 3.63) is 368 Å². The van der Waals surface area contributed by atoms with E-state index in [1.54, 1.807) is 0 Å². The van der Waals surface area contributed by atoms with Crippen LogP contribution in [0.3, 0.4) is 0 Å². The second-order valence-electron chi connectivity index (χ2n) is 5.37. The first-order valence-electron chi connectivity index (χ1n) is 13.1. The molecule has 0 aromatic carbocycles. The van der Waals surface area contributed by atoms with Gasteiger partial charge in [-0.25, -0.2) is 0 Å². The Morgan fingerprint density at radius 3 is 0.0654 bits per heavy atom. The van der Waals surface area contributed by atoms with Gasteiger partial charge in [-0.05, 0) is 0 Å². The third-order valence-electron chi connectivity index (χ3n) is 0. The van der Waals surface area contributed by atoms with Crippen LogP contribution in [0.2, 0.25) is 0 Å². The first-order chi connectivity index (χ1) is 41.6. The van der Waals surface area contributed by atoms with Crippen LogP contribution in [-0.2, 0) is 0 Å². The molecule has 0 atom stereocenters. The Morgan fingerprint density at radius 2 is 0.0654 bits per heavy atom. The average molecular weight is 3790 g/mol. The van der Waals surface area contributed by atoms with Gasteiger partial charge in [-0.3, -0.25) is 0 Å². The van der Waals surface area contributed by atoms with Crippen molar-refractivity contribution in [3.63, 3.8) is 0 Å². The minimum Gasteiger partial charge on any atom is -0.356 e. The van der Waals surface area contributed by atoms with Gasteiger partial charge in [0.15, 0.2) is 0 Å². The monoisotopic (exact) mass is 3790 g/mol. The molecule has 0 saturated heterocycles. The van der Waals surface area contributed by atoms with Gasteiger partial charge in [0.25, 0.3) is 0 Å². The maximum absolute atomic E-state index is 8.25. The Morgan fingerprint density at radius 1 is 0.0654 bits per heavy atom. The molecule has 0 aromatic heterocycles. The van der Waals surface area contributed by atoms with Crippen LogP contribution >= 0.6 is 0 Å². The van der Waals surface area contributed by atoms with Gasteiger partial charge in [-0.2, -0.15) is 0 Å². The molecular formula is Bi11N24O72+9. The van der Waals surface area contributed by atoms with Gasteiger partial charge < -0.3 is 368 Å². The average Bonchev–Trinajstić information content (AvgIpc) is 3.12. The number of nitrogens with zero attached hydrogens (tertiary/aromatic N) is 24. The van der Waals surface area contributed by atoms with Crippen LogP contribution in [-0.4, -0.2) is 410 Å². The molecule has 22 radical (unpaired) electrons. The van der Waals surface area contributed by atoms with Crippen LogP contribution in [0.15, 0.2) is 0 Å². The fourth-order valence-corrected chi connectivity index (χ4v) is 0. The second-order valence-corrected chi connectivity index (χ2v) is 5.37. The normalized spacial score (nSPS) is 5.38. The molecule has 0 fully saturated rings. The fraction of sp³-hybridized carbons (Fsp3) is 0. The number of rotatable bonds is 0. The maximum atomic E-state index is 8.25. The Hall–Kier alpha value is -9.49. The standard InChI is InChI=1S/11Bi.24NO3/c;;;;;;;;;;;24*2-1(3)4/q11*+3;24*-1. The molecule has 0 aliphatic rings. The van der Waals surface area contributed by atoms with Gasteiger partial charge in [0.1, 0.15) is 0 Å². The third kappa shape index (κ3) is 9580. The van der Waals surface area contributed by atoms with E-state index in [0.29, 0.717) is 0 Å². The van der Waals surface area contributed by atoms with Crippen LogP contribution in [0.5, 0.6) is 0 Å². The molecule has 0 spiro atoms. The van der Waals surface area contributed by atoms with E-state index in [-0.39, 0.29) is 288 Å². The summed E-state index contributed by atoms with van der Waals surface area (Å²) in [5.74, 6) is 0. The van der Waals surface area contributed by atoms with E-state index >= 15 is 0 Å². The predicted octanol–water partition coefficient (Wildman–Crippen LogP) is -9.93. The first kappa shape index (κ1) is 232. The zero-order valence-corrected chi connectivity index (χ0v) is 83.3. The molecule has 0 aliphatic carbocycles. The quantitative estimate of drug-likeness (QED) is 0.123. The molecule has 0 bridgehead atoms. The molecule has 0 aromatic rings. The molecule has 0 saturated carbocycles. The van der Waals surface area contributed by atoms with E-state index in [1.165, 1.54) is 0 Å². The van der Waals surface area contributed by atoms with Crippen LogP contribution in [0, 0.1) is 368 Å². The van der Waals surface area contributed by atoms with Crippen molar-refractivity contribution in [2.75, 3.05) is 0 Å².